The topological polar surface area (TPSA) is 42.7 Å². The maximum Gasteiger partial charge on any atom is 0.133 e. The number of pyridine rings is 1. The van der Waals surface area contributed by atoms with Crippen LogP contribution in [0, 0.1) is 0 Å². The summed E-state index contributed by atoms with van der Waals surface area (Å²) in [6.45, 7) is 0.981. The third-order valence-corrected chi connectivity index (χ3v) is 4.61. The Hall–Kier alpha value is -2.33. The third kappa shape index (κ3) is 3.02. The molecule has 0 radical (unpaired) electrons. The maximum atomic E-state index is 6.03. The summed E-state index contributed by atoms with van der Waals surface area (Å²) in [5.41, 5.74) is 4.49. The van der Waals surface area contributed by atoms with Crippen LogP contribution in [0.3, 0.4) is 0 Å². The first-order valence-corrected chi connectivity index (χ1v) is 8.69. The van der Waals surface area contributed by atoms with Gasteiger partial charge in [-0.3, -0.25) is 4.98 Å². The number of fused-ring (bicyclic) bond motifs is 1. The second-order valence-corrected chi connectivity index (χ2v) is 6.48. The molecule has 0 saturated heterocycles. The van der Waals surface area contributed by atoms with Gasteiger partial charge in [-0.2, -0.15) is 5.10 Å². The SMILES string of the molecule is Clc1ccc(-n2nc(Cc3ccccn3)c3c2NCCCC3)cc1. The largest absolute Gasteiger partial charge is 0.370 e. The summed E-state index contributed by atoms with van der Waals surface area (Å²) in [5.74, 6) is 1.11. The van der Waals surface area contributed by atoms with E-state index in [1.165, 1.54) is 18.4 Å². The van der Waals surface area contributed by atoms with Crippen LogP contribution in [-0.4, -0.2) is 21.3 Å². The molecule has 122 valence electrons. The Labute approximate surface area is 146 Å². The monoisotopic (exact) mass is 338 g/mol. The Kier molecular flexibility index (Phi) is 4.22. The lowest BCUT2D eigenvalue weighted by atomic mass is 10.1. The number of anilines is 1. The van der Waals surface area contributed by atoms with Gasteiger partial charge >= 0.3 is 0 Å². The third-order valence-electron chi connectivity index (χ3n) is 4.36. The average Bonchev–Trinajstić information content (AvgIpc) is 2.79. The highest BCUT2D eigenvalue weighted by Gasteiger charge is 2.20. The van der Waals surface area contributed by atoms with Crippen molar-refractivity contribution < 1.29 is 0 Å². The molecule has 1 aromatic carbocycles. The van der Waals surface area contributed by atoms with Crippen LogP contribution < -0.4 is 5.32 Å². The summed E-state index contributed by atoms with van der Waals surface area (Å²) in [4.78, 5) is 4.45. The molecule has 3 heterocycles. The molecular weight excluding hydrogens is 320 g/mol. The van der Waals surface area contributed by atoms with E-state index in [4.69, 9.17) is 16.7 Å². The zero-order valence-electron chi connectivity index (χ0n) is 13.4. The smallest absolute Gasteiger partial charge is 0.133 e. The van der Waals surface area contributed by atoms with Gasteiger partial charge in [0.25, 0.3) is 0 Å². The van der Waals surface area contributed by atoms with Gasteiger partial charge in [-0.05, 0) is 55.7 Å². The molecule has 1 aliphatic rings. The number of halogens is 1. The van der Waals surface area contributed by atoms with E-state index >= 15 is 0 Å². The molecule has 24 heavy (non-hydrogen) atoms. The highest BCUT2D eigenvalue weighted by molar-refractivity contribution is 6.30. The van der Waals surface area contributed by atoms with Gasteiger partial charge in [-0.1, -0.05) is 17.7 Å². The van der Waals surface area contributed by atoms with Crippen molar-refractivity contribution in [2.45, 2.75) is 25.7 Å². The Morgan fingerprint density at radius 2 is 1.96 bits per heavy atom. The van der Waals surface area contributed by atoms with Gasteiger partial charge in [0.2, 0.25) is 0 Å². The quantitative estimate of drug-likeness (QED) is 0.776. The van der Waals surface area contributed by atoms with E-state index in [9.17, 15) is 0 Å². The van der Waals surface area contributed by atoms with Crippen molar-refractivity contribution in [3.63, 3.8) is 0 Å². The fourth-order valence-electron chi connectivity index (χ4n) is 3.16. The predicted molar refractivity (Wildman–Crippen MR) is 97.0 cm³/mol. The first kappa shape index (κ1) is 15.2. The zero-order chi connectivity index (χ0) is 16.4. The van der Waals surface area contributed by atoms with Crippen LogP contribution in [-0.2, 0) is 12.8 Å². The summed E-state index contributed by atoms with van der Waals surface area (Å²) in [6.07, 6.45) is 6.01. The average molecular weight is 339 g/mol. The van der Waals surface area contributed by atoms with Crippen LogP contribution in [0.2, 0.25) is 5.02 Å². The molecule has 0 fully saturated rings. The minimum atomic E-state index is 0.735. The first-order valence-electron chi connectivity index (χ1n) is 8.32. The highest BCUT2D eigenvalue weighted by Crippen LogP contribution is 2.29. The molecule has 4 rings (SSSR count). The minimum absolute atomic E-state index is 0.735. The highest BCUT2D eigenvalue weighted by atomic mass is 35.5. The number of hydrogen-bond donors (Lipinski definition) is 1. The molecule has 0 spiro atoms. The summed E-state index contributed by atoms with van der Waals surface area (Å²) >= 11 is 6.03. The zero-order valence-corrected chi connectivity index (χ0v) is 14.1. The van der Waals surface area contributed by atoms with Crippen molar-refractivity contribution in [3.05, 3.63) is 70.6 Å². The number of benzene rings is 1. The second-order valence-electron chi connectivity index (χ2n) is 6.04. The van der Waals surface area contributed by atoms with Gasteiger partial charge in [-0.25, -0.2) is 4.68 Å². The number of nitrogens with zero attached hydrogens (tertiary/aromatic N) is 3. The lowest BCUT2D eigenvalue weighted by Crippen LogP contribution is -2.07. The molecule has 0 atom stereocenters. The molecule has 5 heteroatoms. The number of hydrogen-bond acceptors (Lipinski definition) is 3. The molecule has 0 aliphatic carbocycles. The van der Waals surface area contributed by atoms with Crippen molar-refractivity contribution in [3.8, 4) is 5.69 Å². The van der Waals surface area contributed by atoms with Gasteiger partial charge in [0, 0.05) is 35.4 Å². The molecule has 2 aromatic heterocycles. The van der Waals surface area contributed by atoms with Crippen LogP contribution in [0.25, 0.3) is 5.69 Å². The van der Waals surface area contributed by atoms with Gasteiger partial charge in [0.1, 0.15) is 5.82 Å². The van der Waals surface area contributed by atoms with E-state index in [1.54, 1.807) is 0 Å². The number of nitrogens with one attached hydrogen (secondary N) is 1. The Morgan fingerprint density at radius 3 is 2.75 bits per heavy atom. The van der Waals surface area contributed by atoms with Crippen molar-refractivity contribution in [2.75, 3.05) is 11.9 Å². The van der Waals surface area contributed by atoms with Gasteiger partial charge < -0.3 is 5.32 Å². The molecule has 1 N–H and O–H groups in total. The Morgan fingerprint density at radius 1 is 1.08 bits per heavy atom. The summed E-state index contributed by atoms with van der Waals surface area (Å²) in [6, 6.07) is 13.8. The lowest BCUT2D eigenvalue weighted by Gasteiger charge is -2.09. The van der Waals surface area contributed by atoms with E-state index in [2.05, 4.69) is 16.4 Å². The number of aromatic nitrogens is 3. The molecular formula is C19H19ClN4. The van der Waals surface area contributed by atoms with Crippen LogP contribution in [0.1, 0.15) is 29.8 Å². The summed E-state index contributed by atoms with van der Waals surface area (Å²) < 4.78 is 2.01. The minimum Gasteiger partial charge on any atom is -0.370 e. The van der Waals surface area contributed by atoms with E-state index < -0.39 is 0 Å². The molecule has 0 bridgehead atoms. The van der Waals surface area contributed by atoms with Crippen molar-refractivity contribution in [1.82, 2.24) is 14.8 Å². The normalized spacial score (nSPS) is 13.9. The van der Waals surface area contributed by atoms with E-state index in [0.29, 0.717) is 0 Å². The summed E-state index contributed by atoms with van der Waals surface area (Å²) in [5, 5.41) is 9.19. The van der Waals surface area contributed by atoms with Crippen molar-refractivity contribution >= 4 is 17.4 Å². The number of rotatable bonds is 3. The van der Waals surface area contributed by atoms with E-state index in [-0.39, 0.29) is 0 Å². The summed E-state index contributed by atoms with van der Waals surface area (Å²) in [7, 11) is 0. The molecule has 4 nitrogen and oxygen atoms in total. The fourth-order valence-corrected chi connectivity index (χ4v) is 3.28. The Balaban J connectivity index is 1.78. The van der Waals surface area contributed by atoms with Crippen LogP contribution in [0.5, 0.6) is 0 Å². The fraction of sp³-hybridized carbons (Fsp3) is 0.263. The second kappa shape index (κ2) is 6.65. The van der Waals surface area contributed by atoms with E-state index in [0.717, 1.165) is 47.3 Å². The van der Waals surface area contributed by atoms with Crippen LogP contribution in [0.4, 0.5) is 5.82 Å². The van der Waals surface area contributed by atoms with Gasteiger partial charge in [0.15, 0.2) is 0 Å². The van der Waals surface area contributed by atoms with Crippen LogP contribution >= 0.6 is 11.6 Å². The van der Waals surface area contributed by atoms with Crippen molar-refractivity contribution in [2.24, 2.45) is 0 Å². The van der Waals surface area contributed by atoms with Crippen molar-refractivity contribution in [1.29, 1.82) is 0 Å². The Bertz CT molecular complexity index is 825. The standard InChI is InChI=1S/C19H19ClN4/c20-14-7-9-16(10-8-14)24-19-17(6-2-4-12-22-19)18(23-24)13-15-5-1-3-11-21-15/h1,3,5,7-11,22H,2,4,6,12-13H2. The maximum absolute atomic E-state index is 6.03. The molecule has 0 amide bonds. The first-order chi connectivity index (χ1) is 11.8. The predicted octanol–water partition coefficient (Wildman–Crippen LogP) is 4.26. The van der Waals surface area contributed by atoms with Gasteiger partial charge in [0.05, 0.1) is 11.4 Å². The molecule has 1 aliphatic heterocycles. The molecule has 0 unspecified atom stereocenters. The van der Waals surface area contributed by atoms with Gasteiger partial charge in [-0.15, -0.1) is 0 Å². The lowest BCUT2D eigenvalue weighted by molar-refractivity contribution is 0.766. The molecule has 0 saturated carbocycles. The van der Waals surface area contributed by atoms with Crippen LogP contribution in [0.15, 0.2) is 48.7 Å². The van der Waals surface area contributed by atoms with E-state index in [1.807, 2.05) is 47.3 Å². The molecule has 3 aromatic rings.